The van der Waals surface area contributed by atoms with Crippen LogP contribution >= 0.6 is 0 Å². The van der Waals surface area contributed by atoms with Crippen LogP contribution < -0.4 is 0 Å². The van der Waals surface area contributed by atoms with Crippen molar-refractivity contribution in [2.24, 2.45) is 0 Å². The van der Waals surface area contributed by atoms with E-state index in [2.05, 4.69) is 146 Å². The van der Waals surface area contributed by atoms with Gasteiger partial charge in [0, 0.05) is 17.3 Å². The van der Waals surface area contributed by atoms with E-state index >= 15 is 0 Å². The summed E-state index contributed by atoms with van der Waals surface area (Å²) in [6.45, 7) is 32.5. The Morgan fingerprint density at radius 3 is 1.64 bits per heavy atom. The summed E-state index contributed by atoms with van der Waals surface area (Å²) >= 11 is 0. The molecule has 0 N–H and O–H groups in total. The summed E-state index contributed by atoms with van der Waals surface area (Å²) < 4.78 is 2.16. The number of aromatic nitrogens is 1. The number of hydrogen-bond acceptors (Lipinski definition) is 0. The molecule has 1 heteroatoms. The maximum atomic E-state index is 4.11. The normalized spacial score (nSPS) is 9.78. The van der Waals surface area contributed by atoms with Crippen LogP contribution in [0.25, 0.3) is 22.2 Å². The van der Waals surface area contributed by atoms with Gasteiger partial charge in [0.15, 0.2) is 0 Å². The fourth-order valence-corrected chi connectivity index (χ4v) is 3.34. The highest BCUT2D eigenvalue weighted by Crippen LogP contribution is 2.32. The zero-order valence-electron chi connectivity index (χ0n) is 30.4. The van der Waals surface area contributed by atoms with E-state index in [4.69, 9.17) is 0 Å². The topological polar surface area (TPSA) is 4.41 Å². The second-order valence-electron chi connectivity index (χ2n) is 10.3. The molecule has 0 aliphatic rings. The van der Waals surface area contributed by atoms with Gasteiger partial charge in [-0.25, -0.2) is 0 Å². The minimum absolute atomic E-state index is 0.935. The lowest BCUT2D eigenvalue weighted by molar-refractivity contribution is 0.886. The second kappa shape index (κ2) is 28.7. The fraction of sp³-hybridized carbons (Fsp3) is 0.318. The first-order valence-corrected chi connectivity index (χ1v) is 16.7. The molecule has 4 aromatic rings. The van der Waals surface area contributed by atoms with Crippen LogP contribution in [0.4, 0.5) is 0 Å². The van der Waals surface area contributed by atoms with Gasteiger partial charge in [0.05, 0.1) is 5.69 Å². The van der Waals surface area contributed by atoms with E-state index in [0.29, 0.717) is 0 Å². The number of unbranched alkanes of at least 4 members (excludes halogenated alkanes) is 2. The Balaban J connectivity index is 0. The molecule has 244 valence electrons. The largest absolute Gasteiger partial charge is 0.316 e. The summed E-state index contributed by atoms with van der Waals surface area (Å²) in [7, 11) is 0. The van der Waals surface area contributed by atoms with E-state index in [1.54, 1.807) is 12.2 Å². The summed E-state index contributed by atoms with van der Waals surface area (Å²) in [5.41, 5.74) is 9.53. The molecule has 0 unspecified atom stereocenters. The van der Waals surface area contributed by atoms with Crippen molar-refractivity contribution in [3.8, 4) is 11.1 Å². The third-order valence-corrected chi connectivity index (χ3v) is 6.48. The molecule has 2 aromatic carbocycles. The Kier molecular flexibility index (Phi) is 27.4. The van der Waals surface area contributed by atoms with E-state index in [0.717, 1.165) is 11.3 Å². The van der Waals surface area contributed by atoms with Gasteiger partial charge >= 0.3 is 0 Å². The lowest BCUT2D eigenvalue weighted by Crippen LogP contribution is -1.91. The van der Waals surface area contributed by atoms with Gasteiger partial charge in [0.2, 0.25) is 0 Å². The van der Waals surface area contributed by atoms with E-state index in [-0.39, 0.29) is 0 Å². The standard InChI is InChI=1S/C18H15N.C8H10.C8H12.2C4H10.C2H6/c1-3-14(2)18-17(15-9-5-4-6-10-15)13-16-11-7-8-12-19(16)18;1-7-3-5-8(2)6-4-7;1-4-6-7-8(3)5-2;2*1-3-4-2;1-2/h3-13H,1-2H2;3-6H,1-2H3;4-7H,1H2,2-3H3;2*3-4H2,1-2H3;1-2H3/b;;7-6-,8-5-;;;. The van der Waals surface area contributed by atoms with Crippen LogP contribution in [0, 0.1) is 13.8 Å². The average Bonchev–Trinajstić information content (AvgIpc) is 3.50. The van der Waals surface area contributed by atoms with E-state index in [1.165, 1.54) is 59.0 Å². The van der Waals surface area contributed by atoms with Gasteiger partial charge < -0.3 is 4.40 Å². The van der Waals surface area contributed by atoms with Crippen molar-refractivity contribution in [3.63, 3.8) is 0 Å². The summed E-state index contributed by atoms with van der Waals surface area (Å²) in [5, 5.41) is 0. The third-order valence-electron chi connectivity index (χ3n) is 6.48. The zero-order valence-corrected chi connectivity index (χ0v) is 30.4. The number of rotatable bonds is 7. The molecule has 45 heavy (non-hydrogen) atoms. The van der Waals surface area contributed by atoms with Gasteiger partial charge in [-0.05, 0) is 57.0 Å². The number of pyridine rings is 1. The van der Waals surface area contributed by atoms with E-state index in [1.807, 2.05) is 51.1 Å². The van der Waals surface area contributed by atoms with Crippen LogP contribution in [-0.2, 0) is 0 Å². The van der Waals surface area contributed by atoms with Crippen LogP contribution in [0.1, 0.15) is 97.9 Å². The van der Waals surface area contributed by atoms with Crippen LogP contribution in [0.5, 0.6) is 0 Å². The average molecular weight is 606 g/mol. The van der Waals surface area contributed by atoms with Gasteiger partial charge in [-0.1, -0.05) is 195 Å². The lowest BCUT2D eigenvalue weighted by atomic mass is 10.0. The highest BCUT2D eigenvalue weighted by Gasteiger charge is 2.12. The fourth-order valence-electron chi connectivity index (χ4n) is 3.34. The molecule has 0 amide bonds. The van der Waals surface area contributed by atoms with Crippen molar-refractivity contribution in [1.82, 2.24) is 4.40 Å². The number of allylic oxidation sites excluding steroid dienone is 7. The maximum absolute atomic E-state index is 4.11. The molecule has 0 aliphatic heterocycles. The number of benzene rings is 2. The van der Waals surface area contributed by atoms with Crippen LogP contribution in [-0.4, -0.2) is 4.40 Å². The first kappa shape index (κ1) is 43.0. The second-order valence-corrected chi connectivity index (χ2v) is 10.3. The third kappa shape index (κ3) is 19.0. The van der Waals surface area contributed by atoms with Crippen molar-refractivity contribution in [2.75, 3.05) is 0 Å². The molecule has 0 radical (unpaired) electrons. The molecule has 2 heterocycles. The van der Waals surface area contributed by atoms with Crippen molar-refractivity contribution in [1.29, 1.82) is 0 Å². The SMILES string of the molecule is C=C/C=C\C(C)=C/C.C=CC(=C)c1c(-c2ccccc2)cc2ccccn12.CC.CCCC.CCCC.Cc1ccc(C)cc1. The smallest absolute Gasteiger partial charge is 0.0600 e. The van der Waals surface area contributed by atoms with Crippen LogP contribution in [0.15, 0.2) is 141 Å². The first-order chi connectivity index (χ1) is 21.7. The number of fused-ring (bicyclic) bond motifs is 1. The Labute approximate surface area is 278 Å². The Morgan fingerprint density at radius 1 is 0.733 bits per heavy atom. The van der Waals surface area contributed by atoms with Gasteiger partial charge in [-0.3, -0.25) is 0 Å². The molecular formula is C44H63N. The Bertz CT molecular complexity index is 1330. The summed E-state index contributed by atoms with van der Waals surface area (Å²) in [4.78, 5) is 0. The van der Waals surface area contributed by atoms with Crippen LogP contribution in [0.3, 0.4) is 0 Å². The zero-order chi connectivity index (χ0) is 34.5. The summed E-state index contributed by atoms with van der Waals surface area (Å²) in [5.74, 6) is 0. The van der Waals surface area contributed by atoms with Crippen molar-refractivity contribution >= 4 is 11.1 Å². The molecule has 0 aliphatic carbocycles. The molecule has 0 spiro atoms. The molecule has 0 fully saturated rings. The maximum Gasteiger partial charge on any atom is 0.0600 e. The minimum atomic E-state index is 0.935. The number of aryl methyl sites for hydroxylation is 2. The molecule has 0 saturated heterocycles. The molecule has 4 rings (SSSR count). The van der Waals surface area contributed by atoms with Gasteiger partial charge in [-0.15, -0.1) is 0 Å². The van der Waals surface area contributed by atoms with Gasteiger partial charge in [0.1, 0.15) is 0 Å². The van der Waals surface area contributed by atoms with E-state index < -0.39 is 0 Å². The Hall–Kier alpha value is -4.10. The van der Waals surface area contributed by atoms with Gasteiger partial charge in [-0.2, -0.15) is 0 Å². The lowest BCUT2D eigenvalue weighted by Gasteiger charge is -2.06. The molecule has 1 nitrogen and oxygen atoms in total. The van der Waals surface area contributed by atoms with Crippen molar-refractivity contribution in [2.45, 2.75) is 94.9 Å². The van der Waals surface area contributed by atoms with E-state index in [9.17, 15) is 0 Å². The highest BCUT2D eigenvalue weighted by atomic mass is 14.9. The monoisotopic (exact) mass is 605 g/mol. The molecule has 0 saturated carbocycles. The molecular weight excluding hydrogens is 542 g/mol. The van der Waals surface area contributed by atoms with Gasteiger partial charge in [0.25, 0.3) is 0 Å². The van der Waals surface area contributed by atoms with Crippen LogP contribution in [0.2, 0.25) is 0 Å². The first-order valence-electron chi connectivity index (χ1n) is 16.7. The number of hydrogen-bond donors (Lipinski definition) is 0. The quantitative estimate of drug-likeness (QED) is 0.185. The highest BCUT2D eigenvalue weighted by molar-refractivity contribution is 5.86. The molecule has 2 aromatic heterocycles. The molecule has 0 atom stereocenters. The van der Waals surface area contributed by atoms with Crippen molar-refractivity contribution < 1.29 is 0 Å². The van der Waals surface area contributed by atoms with Crippen molar-refractivity contribution in [3.05, 3.63) is 158 Å². The predicted octanol–water partition coefficient (Wildman–Crippen LogP) is 14.4. The summed E-state index contributed by atoms with van der Waals surface area (Å²) in [6.07, 6.45) is 16.9. The Morgan fingerprint density at radius 2 is 1.22 bits per heavy atom. The minimum Gasteiger partial charge on any atom is -0.316 e. The summed E-state index contributed by atoms with van der Waals surface area (Å²) in [6, 6.07) is 27.2. The predicted molar refractivity (Wildman–Crippen MR) is 209 cm³/mol. The number of nitrogens with zero attached hydrogens (tertiary/aromatic N) is 1. The molecule has 0 bridgehead atoms.